The summed E-state index contributed by atoms with van der Waals surface area (Å²) in [5.74, 6) is 1.27. The second-order valence-corrected chi connectivity index (χ2v) is 6.24. The number of para-hydroxylation sites is 1. The third-order valence-electron chi connectivity index (χ3n) is 4.21. The average Bonchev–Trinajstić information content (AvgIpc) is 2.67. The van der Waals surface area contributed by atoms with Crippen molar-refractivity contribution in [2.75, 3.05) is 0 Å². The fourth-order valence-electron chi connectivity index (χ4n) is 2.92. The maximum atomic E-state index is 12.3. The molecule has 0 fully saturated rings. The van der Waals surface area contributed by atoms with Crippen LogP contribution in [0.25, 0.3) is 22.3 Å². The number of aromatic nitrogens is 2. The highest BCUT2D eigenvalue weighted by atomic mass is 16.5. The number of hydrogen-bond acceptors (Lipinski definition) is 3. The van der Waals surface area contributed by atoms with Crippen LogP contribution in [0.4, 0.5) is 0 Å². The number of benzene rings is 3. The van der Waals surface area contributed by atoms with Gasteiger partial charge in [-0.15, -0.1) is 0 Å². The van der Waals surface area contributed by atoms with Gasteiger partial charge >= 0.3 is 0 Å². The van der Waals surface area contributed by atoms with Gasteiger partial charge in [-0.25, -0.2) is 4.98 Å². The predicted octanol–water partition coefficient (Wildman–Crippen LogP) is 4.48. The lowest BCUT2D eigenvalue weighted by Crippen LogP contribution is -2.09. The molecule has 0 saturated carbocycles. The van der Waals surface area contributed by atoms with E-state index in [1.807, 2.05) is 54.6 Å². The van der Waals surface area contributed by atoms with Crippen LogP contribution in [0.15, 0.2) is 77.6 Å². The first-order valence-electron chi connectivity index (χ1n) is 8.47. The fraction of sp³-hybridized carbons (Fsp3) is 0.0909. The molecular formula is C22H18N2O2. The first-order chi connectivity index (χ1) is 12.7. The average molecular weight is 342 g/mol. The highest BCUT2D eigenvalue weighted by Gasteiger charge is 2.07. The molecule has 0 amide bonds. The summed E-state index contributed by atoms with van der Waals surface area (Å²) in [6, 6.07) is 23.1. The Labute approximate surface area is 151 Å². The maximum Gasteiger partial charge on any atom is 0.259 e. The largest absolute Gasteiger partial charge is 0.489 e. The molecule has 0 aliphatic rings. The van der Waals surface area contributed by atoms with Gasteiger partial charge < -0.3 is 9.72 Å². The number of nitrogens with zero attached hydrogens (tertiary/aromatic N) is 1. The molecule has 0 radical (unpaired) electrons. The van der Waals surface area contributed by atoms with Crippen LogP contribution >= 0.6 is 0 Å². The molecule has 0 aliphatic heterocycles. The molecule has 0 unspecified atom stereocenters. The second-order valence-electron chi connectivity index (χ2n) is 6.24. The van der Waals surface area contributed by atoms with Crippen LogP contribution in [-0.4, -0.2) is 9.97 Å². The van der Waals surface area contributed by atoms with Gasteiger partial charge in [-0.3, -0.25) is 4.79 Å². The summed E-state index contributed by atoms with van der Waals surface area (Å²) in [5.41, 5.74) is 3.68. The normalized spacial score (nSPS) is 10.8. The summed E-state index contributed by atoms with van der Waals surface area (Å²) in [6.07, 6.45) is 0. The van der Waals surface area contributed by atoms with Crippen LogP contribution in [0, 0.1) is 6.92 Å². The molecular weight excluding hydrogens is 324 g/mol. The van der Waals surface area contributed by atoms with E-state index in [1.165, 1.54) is 5.56 Å². The quantitative estimate of drug-likeness (QED) is 0.595. The van der Waals surface area contributed by atoms with Crippen molar-refractivity contribution in [3.8, 4) is 17.1 Å². The Hall–Kier alpha value is -3.40. The number of fused-ring (bicyclic) bond motifs is 1. The van der Waals surface area contributed by atoms with Crippen molar-refractivity contribution in [1.29, 1.82) is 0 Å². The lowest BCUT2D eigenvalue weighted by molar-refractivity contribution is 0.306. The van der Waals surface area contributed by atoms with E-state index in [-0.39, 0.29) is 5.56 Å². The Kier molecular flexibility index (Phi) is 4.23. The van der Waals surface area contributed by atoms with Gasteiger partial charge in [-0.2, -0.15) is 0 Å². The number of H-pyrrole nitrogens is 1. The zero-order chi connectivity index (χ0) is 17.9. The van der Waals surface area contributed by atoms with Crippen molar-refractivity contribution in [3.05, 3.63) is 94.3 Å². The van der Waals surface area contributed by atoms with Crippen molar-refractivity contribution in [2.45, 2.75) is 13.5 Å². The molecule has 128 valence electrons. The Morgan fingerprint density at radius 2 is 1.81 bits per heavy atom. The molecule has 4 heteroatoms. The van der Waals surface area contributed by atoms with Gasteiger partial charge in [0.1, 0.15) is 18.2 Å². The number of aryl methyl sites for hydroxylation is 1. The number of nitrogens with one attached hydrogen (secondary N) is 1. The van der Waals surface area contributed by atoms with Crippen LogP contribution in [-0.2, 0) is 6.61 Å². The molecule has 1 heterocycles. The molecule has 4 nitrogen and oxygen atoms in total. The summed E-state index contributed by atoms with van der Waals surface area (Å²) in [5, 5.41) is 0.586. The highest BCUT2D eigenvalue weighted by molar-refractivity contribution is 5.79. The first kappa shape index (κ1) is 16.1. The Balaban J connectivity index is 1.62. The third kappa shape index (κ3) is 3.35. The van der Waals surface area contributed by atoms with E-state index in [9.17, 15) is 4.79 Å². The molecule has 4 aromatic rings. The van der Waals surface area contributed by atoms with E-state index >= 15 is 0 Å². The minimum Gasteiger partial charge on any atom is -0.489 e. The molecule has 0 saturated heterocycles. The standard InChI is InChI=1S/C22H18N2O2/c1-15-6-4-7-16(12-15)14-26-18-9-5-8-17(13-18)21-23-20-11-3-2-10-19(20)22(25)24-21/h2-13H,14H2,1H3,(H,23,24,25). The van der Waals surface area contributed by atoms with E-state index in [0.29, 0.717) is 23.3 Å². The van der Waals surface area contributed by atoms with Crippen molar-refractivity contribution < 1.29 is 4.74 Å². The summed E-state index contributed by atoms with van der Waals surface area (Å²) in [7, 11) is 0. The minimum atomic E-state index is -0.142. The van der Waals surface area contributed by atoms with E-state index in [4.69, 9.17) is 4.74 Å². The second kappa shape index (κ2) is 6.84. The van der Waals surface area contributed by atoms with Crippen molar-refractivity contribution in [2.24, 2.45) is 0 Å². The predicted molar refractivity (Wildman–Crippen MR) is 103 cm³/mol. The van der Waals surface area contributed by atoms with E-state index in [1.54, 1.807) is 6.07 Å². The van der Waals surface area contributed by atoms with E-state index in [2.05, 4.69) is 29.0 Å². The summed E-state index contributed by atoms with van der Waals surface area (Å²) in [6.45, 7) is 2.55. The van der Waals surface area contributed by atoms with Crippen LogP contribution < -0.4 is 10.3 Å². The maximum absolute atomic E-state index is 12.3. The van der Waals surface area contributed by atoms with Crippen LogP contribution in [0.2, 0.25) is 0 Å². The monoisotopic (exact) mass is 342 g/mol. The Morgan fingerprint density at radius 3 is 2.69 bits per heavy atom. The van der Waals surface area contributed by atoms with Crippen molar-refractivity contribution >= 4 is 10.9 Å². The minimum absolute atomic E-state index is 0.142. The van der Waals surface area contributed by atoms with Crippen LogP contribution in [0.3, 0.4) is 0 Å². The SMILES string of the molecule is Cc1cccc(COc2cccc(-c3nc4ccccc4c(=O)[nH]3)c2)c1. The van der Waals surface area contributed by atoms with Gasteiger partial charge in [0.25, 0.3) is 5.56 Å². The zero-order valence-electron chi connectivity index (χ0n) is 14.4. The molecule has 0 bridgehead atoms. The number of aromatic amines is 1. The van der Waals surface area contributed by atoms with Gasteiger partial charge in [0.2, 0.25) is 0 Å². The number of ether oxygens (including phenoxy) is 1. The van der Waals surface area contributed by atoms with Gasteiger partial charge in [0.05, 0.1) is 10.9 Å². The lowest BCUT2D eigenvalue weighted by atomic mass is 10.1. The van der Waals surface area contributed by atoms with Gasteiger partial charge in [0, 0.05) is 5.56 Å². The molecule has 1 aromatic heterocycles. The smallest absolute Gasteiger partial charge is 0.259 e. The molecule has 26 heavy (non-hydrogen) atoms. The molecule has 3 aromatic carbocycles. The Bertz CT molecular complexity index is 1130. The highest BCUT2D eigenvalue weighted by Crippen LogP contribution is 2.22. The molecule has 4 rings (SSSR count). The van der Waals surface area contributed by atoms with Gasteiger partial charge in [-0.1, -0.05) is 54.1 Å². The van der Waals surface area contributed by atoms with E-state index in [0.717, 1.165) is 16.9 Å². The molecule has 0 atom stereocenters. The van der Waals surface area contributed by atoms with Gasteiger partial charge in [0.15, 0.2) is 0 Å². The molecule has 0 spiro atoms. The van der Waals surface area contributed by atoms with Crippen molar-refractivity contribution in [3.63, 3.8) is 0 Å². The Morgan fingerprint density at radius 1 is 0.962 bits per heavy atom. The fourth-order valence-corrected chi connectivity index (χ4v) is 2.92. The number of rotatable bonds is 4. The van der Waals surface area contributed by atoms with Crippen LogP contribution in [0.5, 0.6) is 5.75 Å². The third-order valence-corrected chi connectivity index (χ3v) is 4.21. The topological polar surface area (TPSA) is 55.0 Å². The number of hydrogen-bond donors (Lipinski definition) is 1. The van der Waals surface area contributed by atoms with E-state index < -0.39 is 0 Å². The zero-order valence-corrected chi connectivity index (χ0v) is 14.4. The van der Waals surface area contributed by atoms with Crippen molar-refractivity contribution in [1.82, 2.24) is 9.97 Å². The molecule has 1 N–H and O–H groups in total. The summed E-state index contributed by atoms with van der Waals surface area (Å²) < 4.78 is 5.91. The van der Waals surface area contributed by atoms with Crippen LogP contribution in [0.1, 0.15) is 11.1 Å². The lowest BCUT2D eigenvalue weighted by Gasteiger charge is -2.09. The van der Waals surface area contributed by atoms with Gasteiger partial charge in [-0.05, 0) is 36.8 Å². The first-order valence-corrected chi connectivity index (χ1v) is 8.47. The molecule has 0 aliphatic carbocycles. The summed E-state index contributed by atoms with van der Waals surface area (Å²) >= 11 is 0. The summed E-state index contributed by atoms with van der Waals surface area (Å²) in [4.78, 5) is 19.7.